The van der Waals surface area contributed by atoms with Crippen LogP contribution in [0, 0.1) is 0 Å². The van der Waals surface area contributed by atoms with Gasteiger partial charge in [0.05, 0.1) is 55.2 Å². The Morgan fingerprint density at radius 3 is 2.57 bits per heavy atom. The summed E-state index contributed by atoms with van der Waals surface area (Å²) in [7, 11) is 9.00. The molecule has 1 fully saturated rings. The van der Waals surface area contributed by atoms with E-state index in [0.717, 1.165) is 97.0 Å². The first-order valence-corrected chi connectivity index (χ1v) is 18.4. The number of nitrogens with one attached hydrogen (secondary N) is 1. The molecule has 4 heterocycles. The molecule has 0 radical (unpaired) electrons. The molecule has 1 N–H and O–H groups in total. The summed E-state index contributed by atoms with van der Waals surface area (Å²) in [6.07, 6.45) is 12.1. The summed E-state index contributed by atoms with van der Waals surface area (Å²) < 4.78 is 18.6. The summed E-state index contributed by atoms with van der Waals surface area (Å²) >= 11 is 13.2. The van der Waals surface area contributed by atoms with Gasteiger partial charge in [-0.2, -0.15) is 0 Å². The molecule has 1 atom stereocenters. The van der Waals surface area contributed by atoms with Crippen molar-refractivity contribution in [1.29, 1.82) is 0 Å². The van der Waals surface area contributed by atoms with Gasteiger partial charge in [0.1, 0.15) is 17.2 Å². The SMILES string of the molecule is CCN(C)CCN(CC)C1CCCN(c2cc(OC)c(-c3cc4c(cn3)cc(C(=C\Cl)/C(Cl)=C(\C=C\OC)OC)c3nccn34)cc2NC)CC1. The summed E-state index contributed by atoms with van der Waals surface area (Å²) in [5.74, 6) is 1.17. The predicted molar refractivity (Wildman–Crippen MR) is 212 cm³/mol. The minimum absolute atomic E-state index is 0.321. The van der Waals surface area contributed by atoms with E-state index in [-0.39, 0.29) is 0 Å². The number of likely N-dealkylation sites (N-methyl/N-ethyl adjacent to an activating group) is 2. The van der Waals surface area contributed by atoms with E-state index in [1.807, 2.05) is 29.9 Å². The fourth-order valence-corrected chi connectivity index (χ4v) is 7.48. The van der Waals surface area contributed by atoms with Gasteiger partial charge in [-0.05, 0) is 57.6 Å². The number of methoxy groups -OCH3 is 3. The zero-order valence-corrected chi connectivity index (χ0v) is 32.4. The molecule has 1 aromatic carbocycles. The third-order valence-corrected chi connectivity index (χ3v) is 10.5. The third kappa shape index (κ3) is 8.41. The molecule has 5 rings (SSSR count). The number of ether oxygens (including phenoxy) is 3. The number of nitrogens with zero attached hydrogens (tertiary/aromatic N) is 6. The summed E-state index contributed by atoms with van der Waals surface area (Å²) in [5, 5.41) is 4.68. The number of benzene rings is 1. The molecule has 10 nitrogen and oxygen atoms in total. The fourth-order valence-electron chi connectivity index (χ4n) is 6.90. The first kappa shape index (κ1) is 38.3. The molecule has 4 aromatic rings. The van der Waals surface area contributed by atoms with Crippen molar-refractivity contribution in [2.24, 2.45) is 0 Å². The molecule has 1 saturated heterocycles. The van der Waals surface area contributed by atoms with Gasteiger partial charge in [-0.3, -0.25) is 14.3 Å². The van der Waals surface area contributed by atoms with Gasteiger partial charge < -0.3 is 29.3 Å². The maximum Gasteiger partial charge on any atom is 0.145 e. The van der Waals surface area contributed by atoms with Gasteiger partial charge in [0.2, 0.25) is 0 Å². The number of fused-ring (bicyclic) bond motifs is 3. The second kappa shape index (κ2) is 18.0. The average Bonchev–Trinajstić information content (AvgIpc) is 3.54. The molecule has 51 heavy (non-hydrogen) atoms. The first-order valence-electron chi connectivity index (χ1n) is 17.6. The lowest BCUT2D eigenvalue weighted by Crippen LogP contribution is -2.40. The minimum Gasteiger partial charge on any atom is -0.504 e. The maximum atomic E-state index is 6.82. The molecule has 1 aliphatic heterocycles. The van der Waals surface area contributed by atoms with Crippen molar-refractivity contribution >= 4 is 56.7 Å². The fraction of sp³-hybridized carbons (Fsp3) is 0.436. The highest BCUT2D eigenvalue weighted by molar-refractivity contribution is 6.41. The van der Waals surface area contributed by atoms with Crippen LogP contribution in [0.2, 0.25) is 0 Å². The molecule has 0 bridgehead atoms. The summed E-state index contributed by atoms with van der Waals surface area (Å²) in [4.78, 5) is 17.2. The van der Waals surface area contributed by atoms with Crippen LogP contribution in [-0.4, -0.2) is 105 Å². The molecule has 3 aromatic heterocycles. The quantitative estimate of drug-likeness (QED) is 0.0964. The van der Waals surface area contributed by atoms with Crippen LogP contribution in [0.4, 0.5) is 11.4 Å². The van der Waals surface area contributed by atoms with Crippen molar-refractivity contribution in [3.05, 3.63) is 77.1 Å². The maximum absolute atomic E-state index is 6.82. The number of allylic oxidation sites excluding steroid dienone is 3. The molecule has 0 spiro atoms. The van der Waals surface area contributed by atoms with Crippen molar-refractivity contribution in [3.63, 3.8) is 0 Å². The molecular formula is C39H51Cl2N7O3. The normalized spacial score (nSPS) is 16.3. The van der Waals surface area contributed by atoms with Crippen LogP contribution in [0.15, 0.2) is 71.5 Å². The Morgan fingerprint density at radius 2 is 1.88 bits per heavy atom. The van der Waals surface area contributed by atoms with Crippen molar-refractivity contribution in [3.8, 4) is 17.0 Å². The van der Waals surface area contributed by atoms with Crippen molar-refractivity contribution in [2.45, 2.75) is 39.2 Å². The van der Waals surface area contributed by atoms with E-state index in [2.05, 4.69) is 64.1 Å². The van der Waals surface area contributed by atoms with Gasteiger partial charge in [0.25, 0.3) is 0 Å². The smallest absolute Gasteiger partial charge is 0.145 e. The Labute approximate surface area is 312 Å². The second-order valence-corrected chi connectivity index (χ2v) is 13.3. The van der Waals surface area contributed by atoms with Crippen LogP contribution in [0.25, 0.3) is 33.4 Å². The highest BCUT2D eigenvalue weighted by Gasteiger charge is 2.25. The monoisotopic (exact) mass is 735 g/mol. The van der Waals surface area contributed by atoms with E-state index >= 15 is 0 Å². The van der Waals surface area contributed by atoms with Gasteiger partial charge in [-0.15, -0.1) is 0 Å². The number of hydrogen-bond acceptors (Lipinski definition) is 9. The number of aromatic nitrogens is 3. The van der Waals surface area contributed by atoms with Crippen molar-refractivity contribution in [2.75, 3.05) is 84.9 Å². The van der Waals surface area contributed by atoms with Gasteiger partial charge in [0.15, 0.2) is 0 Å². The molecule has 1 aliphatic rings. The molecule has 274 valence electrons. The number of halogens is 2. The standard InChI is InChI=1S/C39H51Cl2N7O3/c1-8-45(4)18-19-46(9-2)28-11-10-15-47(16-12-28)35-24-37(51-7)30(22-33(35)42-3)32-23-34-27(26-44-32)21-29(39-43-14-17-48(34)39)31(25-40)38(41)36(50-6)13-20-49-5/h13-14,17,20-26,28,42H,8-12,15-16,18-19H2,1-7H3/b20-13+,31-25+,38-36-. The third-order valence-electron chi connectivity index (χ3n) is 9.91. The molecule has 0 amide bonds. The van der Waals surface area contributed by atoms with Crippen LogP contribution in [-0.2, 0) is 9.47 Å². The van der Waals surface area contributed by atoms with Gasteiger partial charge in [0, 0.05) is 97.6 Å². The van der Waals surface area contributed by atoms with E-state index in [1.54, 1.807) is 33.6 Å². The van der Waals surface area contributed by atoms with Gasteiger partial charge in [-0.25, -0.2) is 4.98 Å². The predicted octanol–water partition coefficient (Wildman–Crippen LogP) is 8.07. The van der Waals surface area contributed by atoms with E-state index in [4.69, 9.17) is 42.4 Å². The lowest BCUT2D eigenvalue weighted by atomic mass is 10.0. The zero-order chi connectivity index (χ0) is 36.5. The zero-order valence-electron chi connectivity index (χ0n) is 30.9. The topological polar surface area (TPSA) is 79.6 Å². The Hall–Kier alpha value is -3.96. The Bertz CT molecular complexity index is 1890. The lowest BCUT2D eigenvalue weighted by molar-refractivity contribution is 0.169. The van der Waals surface area contributed by atoms with Crippen LogP contribution in [0.5, 0.6) is 5.75 Å². The molecular weight excluding hydrogens is 685 g/mol. The van der Waals surface area contributed by atoms with Crippen molar-refractivity contribution < 1.29 is 14.2 Å². The number of anilines is 2. The summed E-state index contributed by atoms with van der Waals surface area (Å²) in [5.41, 5.74) is 8.22. The second-order valence-electron chi connectivity index (χ2n) is 12.7. The van der Waals surface area contributed by atoms with Crippen molar-refractivity contribution in [1.82, 2.24) is 24.2 Å². The van der Waals surface area contributed by atoms with Crippen LogP contribution in [0.3, 0.4) is 0 Å². The van der Waals surface area contributed by atoms with E-state index in [1.165, 1.54) is 18.2 Å². The highest BCUT2D eigenvalue weighted by Crippen LogP contribution is 2.41. The van der Waals surface area contributed by atoms with Crippen LogP contribution in [0.1, 0.15) is 38.7 Å². The van der Waals surface area contributed by atoms with E-state index in [0.29, 0.717) is 28.1 Å². The van der Waals surface area contributed by atoms with Crippen LogP contribution < -0.4 is 15.0 Å². The van der Waals surface area contributed by atoms with Gasteiger partial charge >= 0.3 is 0 Å². The number of imidazole rings is 1. The lowest BCUT2D eigenvalue weighted by Gasteiger charge is -2.32. The Kier molecular flexibility index (Phi) is 13.5. The largest absolute Gasteiger partial charge is 0.504 e. The minimum atomic E-state index is 0.321. The Balaban J connectivity index is 1.49. The molecule has 0 saturated carbocycles. The summed E-state index contributed by atoms with van der Waals surface area (Å²) in [6, 6.07) is 8.96. The Morgan fingerprint density at radius 1 is 1.06 bits per heavy atom. The number of hydrogen-bond donors (Lipinski definition) is 1. The number of rotatable bonds is 15. The van der Waals surface area contributed by atoms with Crippen LogP contribution >= 0.6 is 23.2 Å². The average molecular weight is 737 g/mol. The molecule has 0 aliphatic carbocycles. The summed E-state index contributed by atoms with van der Waals surface area (Å²) in [6.45, 7) is 10.9. The highest BCUT2D eigenvalue weighted by atomic mass is 35.5. The molecule has 1 unspecified atom stereocenters. The first-order chi connectivity index (χ1) is 24.8. The number of pyridine rings is 2. The van der Waals surface area contributed by atoms with Gasteiger partial charge in [-0.1, -0.05) is 37.0 Å². The van der Waals surface area contributed by atoms with E-state index < -0.39 is 0 Å². The van der Waals surface area contributed by atoms with E-state index in [9.17, 15) is 0 Å². The molecule has 12 heteroatoms.